The third-order valence-corrected chi connectivity index (χ3v) is 10.3. The molecule has 6 nitrogen and oxygen atoms in total. The highest BCUT2D eigenvalue weighted by atomic mass is 32.2. The molecule has 7 heteroatoms. The molecule has 1 aliphatic heterocycles. The van der Waals surface area contributed by atoms with E-state index in [9.17, 15) is 18.0 Å². The van der Waals surface area contributed by atoms with Gasteiger partial charge in [-0.2, -0.15) is 0 Å². The second kappa shape index (κ2) is 12.1. The molecule has 1 aromatic carbocycles. The molecule has 2 aromatic rings. The SMILES string of the molecule is CCC[C@@H](CCc1ccccc1)S(=O)(=O)C(c1cccnc1)[C@@H]1CCCN1C(=O)C(=O)C(C)(C)CC. The first-order valence-corrected chi connectivity index (χ1v) is 14.8. The topological polar surface area (TPSA) is 84.4 Å². The third-order valence-electron chi connectivity index (χ3n) is 7.64. The maximum absolute atomic E-state index is 14.4. The molecule has 0 spiro atoms. The number of rotatable bonds is 12. The molecule has 1 aromatic heterocycles. The van der Waals surface area contributed by atoms with Gasteiger partial charge in [0.2, 0.25) is 5.78 Å². The molecule has 196 valence electrons. The highest BCUT2D eigenvalue weighted by molar-refractivity contribution is 7.92. The van der Waals surface area contributed by atoms with E-state index in [0.29, 0.717) is 50.6 Å². The van der Waals surface area contributed by atoms with Gasteiger partial charge < -0.3 is 4.90 Å². The summed E-state index contributed by atoms with van der Waals surface area (Å²) in [5, 5.41) is -1.46. The van der Waals surface area contributed by atoms with Crippen LogP contribution in [-0.2, 0) is 25.8 Å². The standard InChI is InChI=1S/C29H40N2O4S/c1-5-12-24(18-17-22-13-8-7-9-14-22)36(34,35)26(23-15-10-19-30-21-23)25-16-11-20-31(25)28(33)27(32)29(3,4)6-2/h7-10,13-15,19,21,24-26H,5-6,11-12,16-18,20H2,1-4H3/t24-,25-,26?/m0/s1. The fourth-order valence-electron chi connectivity index (χ4n) is 5.09. The lowest BCUT2D eigenvalue weighted by atomic mass is 9.84. The molecule has 1 fully saturated rings. The molecule has 0 saturated carbocycles. The van der Waals surface area contributed by atoms with Crippen LogP contribution in [-0.4, -0.2) is 47.8 Å². The summed E-state index contributed by atoms with van der Waals surface area (Å²) < 4.78 is 28.7. The molecule has 1 aliphatic rings. The molecular formula is C29H40N2O4S. The van der Waals surface area contributed by atoms with Crippen LogP contribution in [0.5, 0.6) is 0 Å². The number of aromatic nitrogens is 1. The number of amides is 1. The van der Waals surface area contributed by atoms with Crippen LogP contribution in [0.3, 0.4) is 0 Å². The number of Topliss-reactive ketones (excluding diaryl/α,β-unsaturated/α-hetero) is 1. The van der Waals surface area contributed by atoms with Crippen LogP contribution in [0.25, 0.3) is 0 Å². The van der Waals surface area contributed by atoms with E-state index in [1.165, 1.54) is 4.90 Å². The zero-order valence-corrected chi connectivity index (χ0v) is 22.8. The molecule has 36 heavy (non-hydrogen) atoms. The van der Waals surface area contributed by atoms with E-state index in [4.69, 9.17) is 0 Å². The summed E-state index contributed by atoms with van der Waals surface area (Å²) in [6, 6.07) is 12.9. The average Bonchev–Trinajstić information content (AvgIpc) is 3.35. The molecule has 0 aliphatic carbocycles. The first kappa shape index (κ1) is 28.0. The molecule has 1 amide bonds. The average molecular weight is 513 g/mol. The van der Waals surface area contributed by atoms with Crippen molar-refractivity contribution in [2.75, 3.05) is 6.54 Å². The normalized spacial score (nSPS) is 18.1. The minimum Gasteiger partial charge on any atom is -0.331 e. The summed E-state index contributed by atoms with van der Waals surface area (Å²) in [5.41, 5.74) is 0.912. The number of ketones is 1. The molecule has 0 bridgehead atoms. The van der Waals surface area contributed by atoms with Gasteiger partial charge in [-0.25, -0.2) is 8.42 Å². The minimum atomic E-state index is -3.71. The maximum atomic E-state index is 14.4. The van der Waals surface area contributed by atoms with Gasteiger partial charge in [0.05, 0.1) is 11.3 Å². The number of carbonyl (C=O) groups is 2. The number of carbonyl (C=O) groups excluding carboxylic acids is 2. The molecule has 3 atom stereocenters. The van der Waals surface area contributed by atoms with Crippen LogP contribution >= 0.6 is 0 Å². The Labute approximate surface area is 216 Å². The Hall–Kier alpha value is -2.54. The zero-order valence-electron chi connectivity index (χ0n) is 22.0. The van der Waals surface area contributed by atoms with Crippen LogP contribution < -0.4 is 0 Å². The van der Waals surface area contributed by atoms with Crippen molar-refractivity contribution in [2.24, 2.45) is 5.41 Å². The summed E-state index contributed by atoms with van der Waals surface area (Å²) in [7, 11) is -3.71. The number of nitrogens with zero attached hydrogens (tertiary/aromatic N) is 2. The van der Waals surface area contributed by atoms with Gasteiger partial charge >= 0.3 is 0 Å². The van der Waals surface area contributed by atoms with Gasteiger partial charge in [0.15, 0.2) is 9.84 Å². The second-order valence-electron chi connectivity index (χ2n) is 10.5. The maximum Gasteiger partial charge on any atom is 0.290 e. The number of pyridine rings is 1. The van der Waals surface area contributed by atoms with Gasteiger partial charge in [-0.1, -0.05) is 70.5 Å². The van der Waals surface area contributed by atoms with Gasteiger partial charge in [0, 0.05) is 24.4 Å². The second-order valence-corrected chi connectivity index (χ2v) is 12.9. The van der Waals surface area contributed by atoms with E-state index in [0.717, 1.165) is 12.0 Å². The third kappa shape index (κ3) is 6.23. The molecular weight excluding hydrogens is 472 g/mol. The highest BCUT2D eigenvalue weighted by Crippen LogP contribution is 2.39. The Bertz CT molecular complexity index is 1120. The van der Waals surface area contributed by atoms with E-state index >= 15 is 0 Å². The summed E-state index contributed by atoms with van der Waals surface area (Å²) in [6.07, 6.45) is 7.45. The van der Waals surface area contributed by atoms with E-state index < -0.39 is 43.5 Å². The lowest BCUT2D eigenvalue weighted by Crippen LogP contribution is -2.49. The smallest absolute Gasteiger partial charge is 0.290 e. The van der Waals surface area contributed by atoms with Crippen molar-refractivity contribution in [2.45, 2.75) is 89.2 Å². The summed E-state index contributed by atoms with van der Waals surface area (Å²) >= 11 is 0. The van der Waals surface area contributed by atoms with Crippen molar-refractivity contribution in [1.82, 2.24) is 9.88 Å². The summed E-state index contributed by atoms with van der Waals surface area (Å²) in [5.74, 6) is -1.02. The fraction of sp³-hybridized carbons (Fsp3) is 0.552. The molecule has 0 radical (unpaired) electrons. The highest BCUT2D eigenvalue weighted by Gasteiger charge is 2.47. The van der Waals surface area contributed by atoms with Crippen LogP contribution in [0.4, 0.5) is 0 Å². The van der Waals surface area contributed by atoms with E-state index in [-0.39, 0.29) is 0 Å². The number of benzene rings is 1. The van der Waals surface area contributed by atoms with E-state index in [1.54, 1.807) is 38.4 Å². The van der Waals surface area contributed by atoms with Gasteiger partial charge in [-0.05, 0) is 55.7 Å². The molecule has 3 rings (SSSR count). The summed E-state index contributed by atoms with van der Waals surface area (Å²) in [6.45, 7) is 7.82. The Balaban J connectivity index is 1.98. The van der Waals surface area contributed by atoms with Crippen LogP contribution in [0.1, 0.15) is 82.6 Å². The lowest BCUT2D eigenvalue weighted by molar-refractivity contribution is -0.149. The van der Waals surface area contributed by atoms with Crippen molar-refractivity contribution < 1.29 is 18.0 Å². The lowest BCUT2D eigenvalue weighted by Gasteiger charge is -2.35. The number of aryl methyl sites for hydroxylation is 1. The Morgan fingerprint density at radius 1 is 1.08 bits per heavy atom. The molecule has 0 N–H and O–H groups in total. The van der Waals surface area contributed by atoms with Crippen molar-refractivity contribution in [1.29, 1.82) is 0 Å². The number of hydrogen-bond acceptors (Lipinski definition) is 5. The largest absolute Gasteiger partial charge is 0.331 e. The van der Waals surface area contributed by atoms with E-state index in [2.05, 4.69) is 4.98 Å². The van der Waals surface area contributed by atoms with Crippen molar-refractivity contribution in [3.05, 3.63) is 66.0 Å². The predicted molar refractivity (Wildman–Crippen MR) is 143 cm³/mol. The van der Waals surface area contributed by atoms with Gasteiger partial charge in [0.25, 0.3) is 5.91 Å². The number of likely N-dealkylation sites (tertiary alicyclic amines) is 1. The first-order chi connectivity index (χ1) is 17.1. The van der Waals surface area contributed by atoms with Crippen LogP contribution in [0.2, 0.25) is 0 Å². The van der Waals surface area contributed by atoms with Gasteiger partial charge in [0.1, 0.15) is 5.25 Å². The van der Waals surface area contributed by atoms with Crippen LogP contribution in [0, 0.1) is 5.41 Å². The summed E-state index contributed by atoms with van der Waals surface area (Å²) in [4.78, 5) is 32.2. The zero-order chi connectivity index (χ0) is 26.3. The Morgan fingerprint density at radius 2 is 1.81 bits per heavy atom. The quantitative estimate of drug-likeness (QED) is 0.359. The minimum absolute atomic E-state index is 0.393. The van der Waals surface area contributed by atoms with E-state index in [1.807, 2.05) is 44.2 Å². The van der Waals surface area contributed by atoms with Crippen molar-refractivity contribution in [3.63, 3.8) is 0 Å². The molecule has 1 unspecified atom stereocenters. The Morgan fingerprint density at radius 3 is 2.42 bits per heavy atom. The van der Waals surface area contributed by atoms with Crippen LogP contribution in [0.15, 0.2) is 54.9 Å². The van der Waals surface area contributed by atoms with Crippen molar-refractivity contribution in [3.8, 4) is 0 Å². The Kier molecular flexibility index (Phi) is 9.45. The first-order valence-electron chi connectivity index (χ1n) is 13.2. The predicted octanol–water partition coefficient (Wildman–Crippen LogP) is 5.34. The fourth-order valence-corrected chi connectivity index (χ4v) is 7.75. The van der Waals surface area contributed by atoms with Gasteiger partial charge in [-0.3, -0.25) is 14.6 Å². The monoisotopic (exact) mass is 512 g/mol. The molecule has 1 saturated heterocycles. The number of hydrogen-bond donors (Lipinski definition) is 0. The van der Waals surface area contributed by atoms with Crippen molar-refractivity contribution >= 4 is 21.5 Å². The number of sulfone groups is 1. The van der Waals surface area contributed by atoms with Gasteiger partial charge in [-0.15, -0.1) is 0 Å². The molecule has 2 heterocycles.